The molecule has 0 fully saturated rings. The van der Waals surface area contributed by atoms with Gasteiger partial charge in [-0.3, -0.25) is 8.32 Å². The van der Waals surface area contributed by atoms with Crippen molar-refractivity contribution in [3.8, 4) is 0 Å². The number of carbonyl (C=O) groups is 1. The molecular formula is C12H16INO. The number of amides is 1. The van der Waals surface area contributed by atoms with Crippen molar-refractivity contribution >= 4 is 28.8 Å². The van der Waals surface area contributed by atoms with Gasteiger partial charge in [-0.2, -0.15) is 0 Å². The van der Waals surface area contributed by atoms with Gasteiger partial charge in [0, 0.05) is 6.42 Å². The van der Waals surface area contributed by atoms with E-state index in [2.05, 4.69) is 27.8 Å². The van der Waals surface area contributed by atoms with E-state index in [0.717, 1.165) is 19.3 Å². The lowest BCUT2D eigenvalue weighted by molar-refractivity contribution is -0.118. The normalized spacial score (nSPS) is 9.93. The summed E-state index contributed by atoms with van der Waals surface area (Å²) < 4.78 is 2.60. The van der Waals surface area contributed by atoms with Crippen molar-refractivity contribution in [1.82, 2.24) is 3.53 Å². The van der Waals surface area contributed by atoms with E-state index in [4.69, 9.17) is 0 Å². The second-order valence-corrected chi connectivity index (χ2v) is 4.10. The third-order valence-electron chi connectivity index (χ3n) is 2.32. The number of aryl methyl sites for hydroxylation is 1. The van der Waals surface area contributed by atoms with Gasteiger partial charge in [0.15, 0.2) is 0 Å². The van der Waals surface area contributed by atoms with E-state index in [1.165, 1.54) is 12.0 Å². The lowest BCUT2D eigenvalue weighted by Gasteiger charge is -2.01. The van der Waals surface area contributed by atoms with Crippen molar-refractivity contribution in [2.75, 3.05) is 0 Å². The van der Waals surface area contributed by atoms with Crippen molar-refractivity contribution in [2.24, 2.45) is 0 Å². The number of carbonyl (C=O) groups excluding carboxylic acids is 1. The molecule has 1 N–H and O–H groups in total. The van der Waals surface area contributed by atoms with Gasteiger partial charge in [0.2, 0.25) is 5.91 Å². The van der Waals surface area contributed by atoms with Gasteiger partial charge < -0.3 is 0 Å². The zero-order valence-electron chi connectivity index (χ0n) is 8.71. The van der Waals surface area contributed by atoms with Crippen LogP contribution in [0.3, 0.4) is 0 Å². The summed E-state index contributed by atoms with van der Waals surface area (Å²) in [6.45, 7) is 0. The molecule has 82 valence electrons. The van der Waals surface area contributed by atoms with Gasteiger partial charge >= 0.3 is 0 Å². The molecule has 1 aromatic rings. The smallest absolute Gasteiger partial charge is 0.228 e. The maximum absolute atomic E-state index is 10.9. The highest BCUT2D eigenvalue weighted by atomic mass is 127. The number of hydrogen-bond acceptors (Lipinski definition) is 1. The molecule has 0 unspecified atom stereocenters. The molecule has 2 nitrogen and oxygen atoms in total. The molecule has 0 aliphatic rings. The summed E-state index contributed by atoms with van der Waals surface area (Å²) in [4.78, 5) is 10.9. The zero-order valence-corrected chi connectivity index (χ0v) is 10.9. The van der Waals surface area contributed by atoms with E-state index in [9.17, 15) is 4.79 Å². The first-order chi connectivity index (χ1) is 7.33. The predicted molar refractivity (Wildman–Crippen MR) is 70.8 cm³/mol. The van der Waals surface area contributed by atoms with Gasteiger partial charge in [-0.25, -0.2) is 0 Å². The van der Waals surface area contributed by atoms with Crippen LogP contribution in [0.15, 0.2) is 30.3 Å². The minimum Gasteiger partial charge on any atom is -0.299 e. The fraction of sp³-hybridized carbons (Fsp3) is 0.417. The molecule has 0 saturated heterocycles. The lowest BCUT2D eigenvalue weighted by Crippen LogP contribution is -2.10. The second-order valence-electron chi connectivity index (χ2n) is 3.56. The van der Waals surface area contributed by atoms with Crippen LogP contribution in [0.1, 0.15) is 31.2 Å². The predicted octanol–water partition coefficient (Wildman–Crippen LogP) is 3.26. The van der Waals surface area contributed by atoms with Gasteiger partial charge in [0.05, 0.1) is 22.9 Å². The second kappa shape index (κ2) is 7.68. The first kappa shape index (κ1) is 12.5. The standard InChI is InChI=1S/C12H16INO/c13-14-12(15)10-6-2-5-9-11-7-3-1-4-8-11/h1,3-4,7-8H,2,5-6,9-10H2,(H,14,15). The van der Waals surface area contributed by atoms with Gasteiger partial charge in [-0.05, 0) is 24.8 Å². The lowest BCUT2D eigenvalue weighted by atomic mass is 10.1. The van der Waals surface area contributed by atoms with Crippen LogP contribution < -0.4 is 3.53 Å². The summed E-state index contributed by atoms with van der Waals surface area (Å²) in [5.41, 5.74) is 1.39. The van der Waals surface area contributed by atoms with E-state index in [1.807, 2.05) is 28.9 Å². The Morgan fingerprint density at radius 2 is 1.87 bits per heavy atom. The summed E-state index contributed by atoms with van der Waals surface area (Å²) in [5, 5.41) is 0. The van der Waals surface area contributed by atoms with Crippen LogP contribution in [-0.4, -0.2) is 5.91 Å². The van der Waals surface area contributed by atoms with Gasteiger partial charge in [0.1, 0.15) is 0 Å². The third kappa shape index (κ3) is 5.77. The first-order valence-electron chi connectivity index (χ1n) is 5.26. The molecule has 0 saturated carbocycles. The Bertz CT molecular complexity index is 287. The van der Waals surface area contributed by atoms with Crippen LogP contribution >= 0.6 is 22.9 Å². The van der Waals surface area contributed by atoms with E-state index < -0.39 is 0 Å². The molecule has 0 radical (unpaired) electrons. The summed E-state index contributed by atoms with van der Waals surface area (Å²) in [7, 11) is 0. The van der Waals surface area contributed by atoms with Crippen molar-refractivity contribution < 1.29 is 4.79 Å². The largest absolute Gasteiger partial charge is 0.299 e. The molecule has 15 heavy (non-hydrogen) atoms. The maximum atomic E-state index is 10.9. The number of unbranched alkanes of at least 4 members (excludes halogenated alkanes) is 2. The summed E-state index contributed by atoms with van der Waals surface area (Å²) in [6.07, 6.45) is 5.05. The number of hydrogen-bond donors (Lipinski definition) is 1. The van der Waals surface area contributed by atoms with Crippen LogP contribution in [-0.2, 0) is 11.2 Å². The monoisotopic (exact) mass is 317 g/mol. The third-order valence-corrected chi connectivity index (χ3v) is 2.92. The van der Waals surface area contributed by atoms with E-state index in [1.54, 1.807) is 0 Å². The number of halogens is 1. The Kier molecular flexibility index (Phi) is 6.39. The molecule has 1 aromatic carbocycles. The van der Waals surface area contributed by atoms with E-state index in [-0.39, 0.29) is 5.91 Å². The molecule has 1 rings (SSSR count). The highest BCUT2D eigenvalue weighted by Gasteiger charge is 1.98. The number of benzene rings is 1. The van der Waals surface area contributed by atoms with Crippen LogP contribution in [0.2, 0.25) is 0 Å². The zero-order chi connectivity index (χ0) is 10.9. The molecule has 0 atom stereocenters. The Morgan fingerprint density at radius 3 is 2.53 bits per heavy atom. The average molecular weight is 317 g/mol. The molecular weight excluding hydrogens is 301 g/mol. The van der Waals surface area contributed by atoms with Crippen molar-refractivity contribution in [1.29, 1.82) is 0 Å². The SMILES string of the molecule is O=C(CCCCCc1ccccc1)NI. The van der Waals surface area contributed by atoms with Crippen molar-refractivity contribution in [3.05, 3.63) is 35.9 Å². The average Bonchev–Trinajstić information content (AvgIpc) is 2.29. The van der Waals surface area contributed by atoms with Crippen LogP contribution in [0.25, 0.3) is 0 Å². The van der Waals surface area contributed by atoms with Crippen molar-refractivity contribution in [3.63, 3.8) is 0 Å². The molecule has 0 bridgehead atoms. The van der Waals surface area contributed by atoms with E-state index in [0.29, 0.717) is 6.42 Å². The minimum absolute atomic E-state index is 0.135. The first-order valence-corrected chi connectivity index (χ1v) is 6.34. The summed E-state index contributed by atoms with van der Waals surface area (Å²) >= 11 is 1.88. The Hall–Kier alpha value is -0.580. The fourth-order valence-electron chi connectivity index (χ4n) is 1.48. The highest BCUT2D eigenvalue weighted by Crippen LogP contribution is 2.07. The Morgan fingerprint density at radius 1 is 1.13 bits per heavy atom. The van der Waals surface area contributed by atoms with Crippen LogP contribution in [0.4, 0.5) is 0 Å². The summed E-state index contributed by atoms with van der Waals surface area (Å²) in [6, 6.07) is 10.5. The molecule has 0 aliphatic heterocycles. The molecule has 0 aromatic heterocycles. The fourth-order valence-corrected chi connectivity index (χ4v) is 1.75. The molecule has 1 amide bonds. The molecule has 0 aliphatic carbocycles. The number of rotatable bonds is 6. The quantitative estimate of drug-likeness (QED) is 0.487. The van der Waals surface area contributed by atoms with Crippen LogP contribution in [0, 0.1) is 0 Å². The van der Waals surface area contributed by atoms with Crippen molar-refractivity contribution in [2.45, 2.75) is 32.1 Å². The summed E-state index contributed by atoms with van der Waals surface area (Å²) in [5.74, 6) is 0.135. The molecule has 3 heteroatoms. The van der Waals surface area contributed by atoms with Gasteiger partial charge in [-0.1, -0.05) is 36.8 Å². The molecule has 0 spiro atoms. The van der Waals surface area contributed by atoms with Gasteiger partial charge in [0.25, 0.3) is 0 Å². The van der Waals surface area contributed by atoms with Crippen LogP contribution in [0.5, 0.6) is 0 Å². The molecule has 0 heterocycles. The van der Waals surface area contributed by atoms with E-state index >= 15 is 0 Å². The highest BCUT2D eigenvalue weighted by molar-refractivity contribution is 14.1. The Balaban J connectivity index is 2.05. The van der Waals surface area contributed by atoms with Gasteiger partial charge in [-0.15, -0.1) is 0 Å². The minimum atomic E-state index is 0.135. The number of nitrogens with one attached hydrogen (secondary N) is 1. The topological polar surface area (TPSA) is 29.1 Å². The maximum Gasteiger partial charge on any atom is 0.228 e. The Labute approximate surface area is 105 Å².